The first-order valence-electron chi connectivity index (χ1n) is 11.7. The fraction of sp³-hybridized carbons (Fsp3) is 0.385. The lowest BCUT2D eigenvalue weighted by molar-refractivity contribution is -0.136. The van der Waals surface area contributed by atoms with E-state index in [9.17, 15) is 9.59 Å². The number of rotatable bonds is 7. The van der Waals surface area contributed by atoms with Gasteiger partial charge in [-0.05, 0) is 37.6 Å². The molecule has 1 fully saturated rings. The number of nitrogens with one attached hydrogen (secondary N) is 2. The molecule has 8 nitrogen and oxygen atoms in total. The number of anilines is 1. The second-order valence-corrected chi connectivity index (χ2v) is 9.02. The minimum absolute atomic E-state index is 0.364. The van der Waals surface area contributed by atoms with E-state index in [1.165, 1.54) is 12.7 Å². The van der Waals surface area contributed by atoms with Crippen LogP contribution in [-0.4, -0.2) is 63.3 Å². The summed E-state index contributed by atoms with van der Waals surface area (Å²) in [5.41, 5.74) is 3.95. The molecule has 1 atom stereocenters. The Hall–Kier alpha value is -3.23. The number of amides is 2. The van der Waals surface area contributed by atoms with Crippen LogP contribution in [-0.2, 0) is 9.53 Å². The van der Waals surface area contributed by atoms with Crippen molar-refractivity contribution in [2.24, 2.45) is 0 Å². The third-order valence-electron chi connectivity index (χ3n) is 6.35. The zero-order chi connectivity index (χ0) is 24.9. The molecule has 2 N–H and O–H groups in total. The van der Waals surface area contributed by atoms with Gasteiger partial charge < -0.3 is 25.0 Å². The summed E-state index contributed by atoms with van der Waals surface area (Å²) in [4.78, 5) is 30.1. The van der Waals surface area contributed by atoms with Gasteiger partial charge >= 0.3 is 12.0 Å². The predicted molar refractivity (Wildman–Crippen MR) is 136 cm³/mol. The highest BCUT2D eigenvalue weighted by molar-refractivity contribution is 6.30. The van der Waals surface area contributed by atoms with Crippen molar-refractivity contribution in [3.63, 3.8) is 0 Å². The Kier molecular flexibility index (Phi) is 7.83. The lowest BCUT2D eigenvalue weighted by Gasteiger charge is -2.38. The molecule has 0 spiro atoms. The number of halogens is 1. The third kappa shape index (κ3) is 5.55. The molecule has 9 heteroatoms. The highest BCUT2D eigenvalue weighted by Gasteiger charge is 2.36. The average molecular weight is 499 g/mol. The van der Waals surface area contributed by atoms with Gasteiger partial charge in [0.2, 0.25) is 0 Å². The first-order valence-corrected chi connectivity index (χ1v) is 12.1. The fourth-order valence-corrected chi connectivity index (χ4v) is 4.79. The Morgan fingerprint density at radius 3 is 2.60 bits per heavy atom. The Bertz CT molecular complexity index is 1130. The number of hydrogen-bond acceptors (Lipinski definition) is 6. The van der Waals surface area contributed by atoms with Crippen molar-refractivity contribution >= 4 is 29.3 Å². The SMILES string of the molecule is CCOc1ccccc1[C@@H]1NC(=O)NC(CN2CCN(c3cc(Cl)ccc3C)CC2)=C1C(=O)OC. The maximum atomic E-state index is 12.9. The van der Waals surface area contributed by atoms with E-state index in [1.54, 1.807) is 0 Å². The van der Waals surface area contributed by atoms with Gasteiger partial charge in [0.1, 0.15) is 5.75 Å². The molecule has 0 radical (unpaired) electrons. The molecule has 2 aromatic rings. The zero-order valence-electron chi connectivity index (χ0n) is 20.3. The third-order valence-corrected chi connectivity index (χ3v) is 6.59. The van der Waals surface area contributed by atoms with Crippen LogP contribution in [0.2, 0.25) is 5.02 Å². The number of ether oxygens (including phenoxy) is 2. The molecule has 2 amide bonds. The lowest BCUT2D eigenvalue weighted by atomic mass is 9.94. The Labute approximate surface area is 210 Å². The monoisotopic (exact) mass is 498 g/mol. The van der Waals surface area contributed by atoms with E-state index in [4.69, 9.17) is 21.1 Å². The first-order chi connectivity index (χ1) is 16.9. The maximum Gasteiger partial charge on any atom is 0.338 e. The van der Waals surface area contributed by atoms with Crippen LogP contribution in [0.5, 0.6) is 5.75 Å². The number of aryl methyl sites for hydroxylation is 1. The predicted octanol–water partition coefficient (Wildman–Crippen LogP) is 3.65. The molecule has 0 aliphatic carbocycles. The quantitative estimate of drug-likeness (QED) is 0.567. The molecule has 0 aromatic heterocycles. The molecular weight excluding hydrogens is 468 g/mol. The van der Waals surface area contributed by atoms with Crippen LogP contribution in [0.3, 0.4) is 0 Å². The van der Waals surface area contributed by atoms with Gasteiger partial charge in [-0.2, -0.15) is 0 Å². The molecule has 0 bridgehead atoms. The van der Waals surface area contributed by atoms with Crippen molar-refractivity contribution in [2.75, 3.05) is 51.3 Å². The number of hydrogen-bond donors (Lipinski definition) is 2. The lowest BCUT2D eigenvalue weighted by Crippen LogP contribution is -2.52. The van der Waals surface area contributed by atoms with E-state index in [1.807, 2.05) is 49.4 Å². The molecule has 0 saturated carbocycles. The molecular formula is C26H31ClN4O4. The number of nitrogens with zero attached hydrogens (tertiary/aromatic N) is 2. The first kappa shape index (κ1) is 24.9. The van der Waals surface area contributed by atoms with Gasteiger partial charge in [-0.1, -0.05) is 35.9 Å². The van der Waals surface area contributed by atoms with Crippen LogP contribution in [0.1, 0.15) is 24.1 Å². The summed E-state index contributed by atoms with van der Waals surface area (Å²) < 4.78 is 10.9. The second-order valence-electron chi connectivity index (χ2n) is 8.58. The maximum absolute atomic E-state index is 12.9. The summed E-state index contributed by atoms with van der Waals surface area (Å²) in [6.07, 6.45) is 0. The summed E-state index contributed by atoms with van der Waals surface area (Å²) in [7, 11) is 1.35. The van der Waals surface area contributed by atoms with Gasteiger partial charge in [0.25, 0.3) is 0 Å². The number of esters is 1. The van der Waals surface area contributed by atoms with Crippen molar-refractivity contribution in [3.05, 3.63) is 69.9 Å². The van der Waals surface area contributed by atoms with E-state index >= 15 is 0 Å². The Balaban J connectivity index is 1.58. The number of para-hydroxylation sites is 1. The molecule has 2 aliphatic rings. The molecule has 1 saturated heterocycles. The number of urea groups is 1. The molecule has 2 aliphatic heterocycles. The van der Waals surface area contributed by atoms with Crippen molar-refractivity contribution in [1.82, 2.24) is 15.5 Å². The van der Waals surface area contributed by atoms with Gasteiger partial charge in [0.05, 0.1) is 25.3 Å². The molecule has 2 aromatic carbocycles. The van der Waals surface area contributed by atoms with E-state index < -0.39 is 12.0 Å². The second kappa shape index (κ2) is 11.0. The number of methoxy groups -OCH3 is 1. The van der Waals surface area contributed by atoms with Crippen molar-refractivity contribution in [1.29, 1.82) is 0 Å². The summed E-state index contributed by atoms with van der Waals surface area (Å²) >= 11 is 6.22. The Morgan fingerprint density at radius 1 is 1.14 bits per heavy atom. The summed E-state index contributed by atoms with van der Waals surface area (Å²) in [5, 5.41) is 6.45. The normalized spacial score (nSPS) is 18.7. The van der Waals surface area contributed by atoms with Gasteiger partial charge in [0.15, 0.2) is 0 Å². The fourth-order valence-electron chi connectivity index (χ4n) is 4.63. The highest BCUT2D eigenvalue weighted by Crippen LogP contribution is 2.34. The van der Waals surface area contributed by atoms with Crippen LogP contribution < -0.4 is 20.3 Å². The van der Waals surface area contributed by atoms with Crippen LogP contribution in [0.15, 0.2) is 53.7 Å². The van der Waals surface area contributed by atoms with Crippen LogP contribution >= 0.6 is 11.6 Å². The number of carbonyl (C=O) groups is 2. The molecule has 186 valence electrons. The zero-order valence-corrected chi connectivity index (χ0v) is 21.0. The topological polar surface area (TPSA) is 83.1 Å². The molecule has 4 rings (SSSR count). The number of piperazine rings is 1. The summed E-state index contributed by atoms with van der Waals surface area (Å²) in [6.45, 7) is 8.03. The number of benzene rings is 2. The van der Waals surface area contributed by atoms with E-state index in [-0.39, 0.29) is 6.03 Å². The minimum atomic E-state index is -0.677. The van der Waals surface area contributed by atoms with Gasteiger partial charge in [-0.15, -0.1) is 0 Å². The molecule has 0 unspecified atom stereocenters. The van der Waals surface area contributed by atoms with Crippen LogP contribution in [0.25, 0.3) is 0 Å². The van der Waals surface area contributed by atoms with Crippen molar-refractivity contribution in [2.45, 2.75) is 19.9 Å². The van der Waals surface area contributed by atoms with Crippen LogP contribution in [0, 0.1) is 6.92 Å². The largest absolute Gasteiger partial charge is 0.494 e. The highest BCUT2D eigenvalue weighted by atomic mass is 35.5. The average Bonchev–Trinajstić information content (AvgIpc) is 2.86. The van der Waals surface area contributed by atoms with Crippen molar-refractivity contribution < 1.29 is 19.1 Å². The van der Waals surface area contributed by atoms with Crippen molar-refractivity contribution in [3.8, 4) is 5.75 Å². The van der Waals surface area contributed by atoms with E-state index in [2.05, 4.69) is 27.4 Å². The standard InChI is InChI=1S/C26H31ClN4O4/c1-4-35-22-8-6-5-7-19(22)24-23(25(32)34-3)20(28-26(33)29-24)16-30-11-13-31(14-12-30)21-15-18(27)10-9-17(21)2/h5-10,15,24H,4,11-14,16H2,1-3H3,(H2,28,29,33)/t24-/m0/s1. The van der Waals surface area contributed by atoms with Gasteiger partial charge in [-0.25, -0.2) is 9.59 Å². The molecule has 35 heavy (non-hydrogen) atoms. The summed E-state index contributed by atoms with van der Waals surface area (Å²) in [6, 6.07) is 12.3. The number of carbonyl (C=O) groups excluding carboxylic acids is 2. The van der Waals surface area contributed by atoms with E-state index in [0.717, 1.165) is 36.9 Å². The smallest absolute Gasteiger partial charge is 0.338 e. The van der Waals surface area contributed by atoms with Crippen LogP contribution in [0.4, 0.5) is 10.5 Å². The van der Waals surface area contributed by atoms with Gasteiger partial charge in [0, 0.05) is 54.7 Å². The summed E-state index contributed by atoms with van der Waals surface area (Å²) in [5.74, 6) is 0.130. The minimum Gasteiger partial charge on any atom is -0.494 e. The van der Waals surface area contributed by atoms with Gasteiger partial charge in [-0.3, -0.25) is 4.90 Å². The van der Waals surface area contributed by atoms with E-state index in [0.29, 0.717) is 35.7 Å². The molecule has 2 heterocycles. The Morgan fingerprint density at radius 2 is 1.89 bits per heavy atom.